The lowest BCUT2D eigenvalue weighted by molar-refractivity contribution is 0.201. The molecule has 1 rings (SSSR count). The van der Waals surface area contributed by atoms with Crippen molar-refractivity contribution in [2.75, 3.05) is 19.5 Å². The van der Waals surface area contributed by atoms with Crippen LogP contribution >= 0.6 is 0 Å². The second-order valence-electron chi connectivity index (χ2n) is 3.19. The fourth-order valence-electron chi connectivity index (χ4n) is 1.06. The van der Waals surface area contributed by atoms with Crippen LogP contribution in [0.1, 0.15) is 5.56 Å². The average molecular weight is 246 g/mol. The van der Waals surface area contributed by atoms with Gasteiger partial charge in [0.25, 0.3) is 10.1 Å². The second kappa shape index (κ2) is 5.83. The molecule has 5 nitrogen and oxygen atoms in total. The van der Waals surface area contributed by atoms with Crippen LogP contribution in [0.15, 0.2) is 24.3 Å². The highest BCUT2D eigenvalue weighted by Crippen LogP contribution is 2.14. The van der Waals surface area contributed by atoms with E-state index in [1.165, 1.54) is 0 Å². The molecule has 6 heteroatoms. The van der Waals surface area contributed by atoms with Crippen molar-refractivity contribution >= 4 is 10.1 Å². The van der Waals surface area contributed by atoms with Crippen LogP contribution in [0.5, 0.6) is 5.75 Å². The molecular weight excluding hydrogens is 232 g/mol. The fourth-order valence-corrected chi connectivity index (χ4v) is 1.41. The summed E-state index contributed by atoms with van der Waals surface area (Å²) in [7, 11) is -3.43. The smallest absolute Gasteiger partial charge is 0.264 e. The van der Waals surface area contributed by atoms with Crippen molar-refractivity contribution < 1.29 is 22.4 Å². The normalized spacial score (nSPS) is 11.4. The van der Waals surface area contributed by atoms with E-state index in [0.29, 0.717) is 11.3 Å². The van der Waals surface area contributed by atoms with E-state index in [1.807, 2.05) is 0 Å². The number of aliphatic hydroxyl groups is 1. The summed E-state index contributed by atoms with van der Waals surface area (Å²) in [5, 5.41) is 8.58. The Morgan fingerprint density at radius 3 is 2.75 bits per heavy atom. The highest BCUT2D eigenvalue weighted by atomic mass is 32.2. The first-order chi connectivity index (χ1) is 7.51. The monoisotopic (exact) mass is 246 g/mol. The minimum absolute atomic E-state index is 0.0187. The van der Waals surface area contributed by atoms with Gasteiger partial charge in [-0.3, -0.25) is 4.18 Å². The van der Waals surface area contributed by atoms with Crippen molar-refractivity contribution in [1.82, 2.24) is 0 Å². The van der Waals surface area contributed by atoms with Crippen LogP contribution in [0.2, 0.25) is 0 Å². The summed E-state index contributed by atoms with van der Waals surface area (Å²) in [6, 6.07) is 6.85. The molecule has 0 atom stereocenters. The van der Waals surface area contributed by atoms with E-state index < -0.39 is 10.1 Å². The lowest BCUT2D eigenvalue weighted by Gasteiger charge is -2.06. The fraction of sp³-hybridized carbons (Fsp3) is 0.400. The zero-order chi connectivity index (χ0) is 12.0. The third-order valence-corrected chi connectivity index (χ3v) is 2.24. The van der Waals surface area contributed by atoms with Gasteiger partial charge in [0.15, 0.2) is 0 Å². The number of aliphatic hydroxyl groups excluding tert-OH is 1. The Hall–Kier alpha value is -1.11. The van der Waals surface area contributed by atoms with Gasteiger partial charge in [-0.15, -0.1) is 0 Å². The van der Waals surface area contributed by atoms with E-state index in [1.54, 1.807) is 24.3 Å². The van der Waals surface area contributed by atoms with E-state index >= 15 is 0 Å². The van der Waals surface area contributed by atoms with E-state index in [2.05, 4.69) is 4.18 Å². The number of ether oxygens (including phenoxy) is 1. The Kier molecular flexibility index (Phi) is 4.72. The van der Waals surface area contributed by atoms with Gasteiger partial charge in [-0.25, -0.2) is 0 Å². The van der Waals surface area contributed by atoms with Gasteiger partial charge in [-0.1, -0.05) is 12.1 Å². The lowest BCUT2D eigenvalue weighted by Crippen LogP contribution is -2.04. The molecule has 16 heavy (non-hydrogen) atoms. The van der Waals surface area contributed by atoms with E-state index in [0.717, 1.165) is 6.26 Å². The number of hydrogen-bond acceptors (Lipinski definition) is 5. The van der Waals surface area contributed by atoms with Crippen LogP contribution in [0.3, 0.4) is 0 Å². The Morgan fingerprint density at radius 1 is 1.38 bits per heavy atom. The van der Waals surface area contributed by atoms with Crippen LogP contribution in [-0.2, 0) is 20.9 Å². The number of rotatable bonds is 6. The molecule has 0 unspecified atom stereocenters. The highest BCUT2D eigenvalue weighted by molar-refractivity contribution is 7.85. The van der Waals surface area contributed by atoms with Gasteiger partial charge in [-0.05, 0) is 17.7 Å². The molecular formula is C10H14O5S. The molecule has 90 valence electrons. The molecule has 1 aromatic rings. The maximum Gasteiger partial charge on any atom is 0.264 e. The summed E-state index contributed by atoms with van der Waals surface area (Å²) in [5.41, 5.74) is 0.695. The minimum atomic E-state index is -3.43. The van der Waals surface area contributed by atoms with Gasteiger partial charge in [0.1, 0.15) is 12.4 Å². The van der Waals surface area contributed by atoms with Crippen molar-refractivity contribution in [1.29, 1.82) is 0 Å². The summed E-state index contributed by atoms with van der Waals surface area (Å²) in [4.78, 5) is 0. The van der Waals surface area contributed by atoms with E-state index in [9.17, 15) is 8.42 Å². The maximum atomic E-state index is 10.8. The molecule has 0 amide bonds. The van der Waals surface area contributed by atoms with Crippen LogP contribution in [0.4, 0.5) is 0 Å². The summed E-state index contributed by atoms with van der Waals surface area (Å²) in [6.07, 6.45) is 0.999. The third-order valence-electron chi connectivity index (χ3n) is 1.70. The standard InChI is InChI=1S/C10H14O5S/c1-16(12,13)15-8-9-3-2-4-10(7-9)14-6-5-11/h2-4,7,11H,5-6,8H2,1H3. The van der Waals surface area contributed by atoms with E-state index in [-0.39, 0.29) is 19.8 Å². The van der Waals surface area contributed by atoms with Crippen molar-refractivity contribution in [3.05, 3.63) is 29.8 Å². The van der Waals surface area contributed by atoms with Gasteiger partial charge in [0.05, 0.1) is 19.5 Å². The summed E-state index contributed by atoms with van der Waals surface area (Å²) < 4.78 is 31.4. The van der Waals surface area contributed by atoms with Crippen LogP contribution in [0, 0.1) is 0 Å². The molecule has 0 aromatic heterocycles. The quantitative estimate of drug-likeness (QED) is 0.741. The zero-order valence-electron chi connectivity index (χ0n) is 8.92. The molecule has 0 spiro atoms. The molecule has 0 saturated carbocycles. The van der Waals surface area contributed by atoms with Crippen molar-refractivity contribution in [2.45, 2.75) is 6.61 Å². The molecule has 1 N–H and O–H groups in total. The highest BCUT2D eigenvalue weighted by Gasteiger charge is 2.03. The first-order valence-corrected chi connectivity index (χ1v) is 6.50. The Bertz CT molecular complexity index is 427. The molecule has 0 aliphatic heterocycles. The van der Waals surface area contributed by atoms with Crippen LogP contribution in [-0.4, -0.2) is 33.0 Å². The molecule has 0 heterocycles. The van der Waals surface area contributed by atoms with Gasteiger partial charge < -0.3 is 9.84 Å². The topological polar surface area (TPSA) is 72.8 Å². The number of hydrogen-bond donors (Lipinski definition) is 1. The summed E-state index contributed by atoms with van der Waals surface area (Å²) >= 11 is 0. The molecule has 0 aliphatic carbocycles. The van der Waals surface area contributed by atoms with Crippen molar-refractivity contribution in [2.24, 2.45) is 0 Å². The minimum Gasteiger partial charge on any atom is -0.491 e. The SMILES string of the molecule is CS(=O)(=O)OCc1cccc(OCCO)c1. The molecule has 0 saturated heterocycles. The van der Waals surface area contributed by atoms with E-state index in [4.69, 9.17) is 9.84 Å². The van der Waals surface area contributed by atoms with Gasteiger partial charge in [0, 0.05) is 0 Å². The van der Waals surface area contributed by atoms with Gasteiger partial charge in [0.2, 0.25) is 0 Å². The number of benzene rings is 1. The average Bonchev–Trinajstić information content (AvgIpc) is 2.23. The largest absolute Gasteiger partial charge is 0.491 e. The van der Waals surface area contributed by atoms with Crippen molar-refractivity contribution in [3.63, 3.8) is 0 Å². The van der Waals surface area contributed by atoms with Gasteiger partial charge in [-0.2, -0.15) is 8.42 Å². The molecule has 0 radical (unpaired) electrons. The Balaban J connectivity index is 2.60. The molecule has 0 aliphatic rings. The predicted octanol–water partition coefficient (Wildman–Crippen LogP) is 0.534. The molecule has 0 fully saturated rings. The Morgan fingerprint density at radius 2 is 2.12 bits per heavy atom. The molecule has 0 bridgehead atoms. The Labute approximate surface area is 94.7 Å². The first kappa shape index (κ1) is 13.0. The molecule has 1 aromatic carbocycles. The van der Waals surface area contributed by atoms with Gasteiger partial charge >= 0.3 is 0 Å². The summed E-state index contributed by atoms with van der Waals surface area (Å²) in [6.45, 7) is 0.121. The second-order valence-corrected chi connectivity index (χ2v) is 4.83. The van der Waals surface area contributed by atoms with Crippen LogP contribution < -0.4 is 4.74 Å². The van der Waals surface area contributed by atoms with Crippen LogP contribution in [0.25, 0.3) is 0 Å². The predicted molar refractivity (Wildman–Crippen MR) is 58.7 cm³/mol. The lowest BCUT2D eigenvalue weighted by atomic mass is 10.2. The van der Waals surface area contributed by atoms with Crippen molar-refractivity contribution in [3.8, 4) is 5.75 Å². The summed E-state index contributed by atoms with van der Waals surface area (Å²) in [5.74, 6) is 0.573. The first-order valence-electron chi connectivity index (χ1n) is 4.68. The zero-order valence-corrected chi connectivity index (χ0v) is 9.74. The maximum absolute atomic E-state index is 10.8. The third kappa shape index (κ3) is 5.11.